The molecule has 0 unspecified atom stereocenters. The fraction of sp³-hybridized carbons (Fsp3) is 0.0526. The lowest BCUT2D eigenvalue weighted by Crippen LogP contribution is -1.94. The minimum Gasteiger partial charge on any atom is -0.508 e. The molecule has 108 valence electrons. The quantitative estimate of drug-likeness (QED) is 0.589. The lowest BCUT2D eigenvalue weighted by atomic mass is 10.2. The van der Waals surface area contributed by atoms with Crippen LogP contribution < -0.4 is 4.74 Å². The van der Waals surface area contributed by atoms with E-state index in [4.69, 9.17) is 4.74 Å². The summed E-state index contributed by atoms with van der Waals surface area (Å²) in [7, 11) is 1.60. The molecule has 3 aromatic carbocycles. The van der Waals surface area contributed by atoms with E-state index in [1.807, 2.05) is 30.3 Å². The van der Waals surface area contributed by atoms with Crippen LogP contribution in [0.15, 0.2) is 66.7 Å². The maximum Gasteiger partial charge on any atom is 0.124 e. The van der Waals surface area contributed by atoms with Crippen molar-refractivity contribution in [1.29, 1.82) is 0 Å². The van der Waals surface area contributed by atoms with Gasteiger partial charge in [-0.25, -0.2) is 0 Å². The van der Waals surface area contributed by atoms with Crippen molar-refractivity contribution in [3.8, 4) is 17.2 Å². The van der Waals surface area contributed by atoms with Crippen LogP contribution in [0.25, 0.3) is 27.5 Å². The van der Waals surface area contributed by atoms with Crippen LogP contribution in [0.1, 0.15) is 0 Å². The van der Waals surface area contributed by atoms with Gasteiger partial charge in [-0.1, -0.05) is 36.4 Å². The SMILES string of the molecule is COc1cc(O)cc(-n2c3ccccc3c3ccccc32)c1. The number of aromatic nitrogens is 1. The fourth-order valence-corrected chi connectivity index (χ4v) is 3.02. The van der Waals surface area contributed by atoms with E-state index in [1.165, 1.54) is 10.8 Å². The zero-order valence-corrected chi connectivity index (χ0v) is 12.2. The lowest BCUT2D eigenvalue weighted by molar-refractivity contribution is 0.407. The minimum absolute atomic E-state index is 0.191. The van der Waals surface area contributed by atoms with Gasteiger partial charge in [0.15, 0.2) is 0 Å². The summed E-state index contributed by atoms with van der Waals surface area (Å²) in [5, 5.41) is 12.4. The highest BCUT2D eigenvalue weighted by molar-refractivity contribution is 6.09. The summed E-state index contributed by atoms with van der Waals surface area (Å²) in [5.74, 6) is 0.827. The van der Waals surface area contributed by atoms with Crippen molar-refractivity contribution in [2.45, 2.75) is 0 Å². The number of ether oxygens (including phenoxy) is 1. The second-order valence-electron chi connectivity index (χ2n) is 5.26. The first kappa shape index (κ1) is 12.8. The van der Waals surface area contributed by atoms with E-state index < -0.39 is 0 Å². The second kappa shape index (κ2) is 4.81. The van der Waals surface area contributed by atoms with Gasteiger partial charge >= 0.3 is 0 Å². The van der Waals surface area contributed by atoms with Gasteiger partial charge in [0, 0.05) is 29.0 Å². The molecule has 0 atom stereocenters. The van der Waals surface area contributed by atoms with Crippen LogP contribution in [0.2, 0.25) is 0 Å². The van der Waals surface area contributed by atoms with E-state index >= 15 is 0 Å². The summed E-state index contributed by atoms with van der Waals surface area (Å²) in [6, 6.07) is 21.8. The maximum absolute atomic E-state index is 9.97. The summed E-state index contributed by atoms with van der Waals surface area (Å²) in [6.07, 6.45) is 0. The summed E-state index contributed by atoms with van der Waals surface area (Å²) in [4.78, 5) is 0. The molecule has 0 fully saturated rings. The molecule has 0 spiro atoms. The molecular formula is C19H15NO2. The largest absolute Gasteiger partial charge is 0.508 e. The number of para-hydroxylation sites is 2. The van der Waals surface area contributed by atoms with Gasteiger partial charge < -0.3 is 14.4 Å². The van der Waals surface area contributed by atoms with Gasteiger partial charge in [-0.3, -0.25) is 0 Å². The first-order valence-electron chi connectivity index (χ1n) is 7.14. The Morgan fingerprint density at radius 3 is 2.00 bits per heavy atom. The number of fused-ring (bicyclic) bond motifs is 3. The molecule has 0 saturated heterocycles. The average molecular weight is 289 g/mol. The Kier molecular flexibility index (Phi) is 2.79. The number of benzene rings is 3. The third kappa shape index (κ3) is 1.83. The van der Waals surface area contributed by atoms with Crippen LogP contribution in [0.4, 0.5) is 0 Å². The maximum atomic E-state index is 9.97. The number of aromatic hydroxyl groups is 1. The number of phenolic OH excluding ortho intramolecular Hbond substituents is 1. The third-order valence-corrected chi connectivity index (χ3v) is 3.95. The highest BCUT2D eigenvalue weighted by Crippen LogP contribution is 2.34. The molecule has 1 N–H and O–H groups in total. The summed E-state index contributed by atoms with van der Waals surface area (Å²) in [6.45, 7) is 0. The monoisotopic (exact) mass is 289 g/mol. The number of methoxy groups -OCH3 is 1. The van der Waals surface area contributed by atoms with Crippen molar-refractivity contribution < 1.29 is 9.84 Å². The first-order valence-corrected chi connectivity index (χ1v) is 7.14. The Labute approximate surface area is 128 Å². The minimum atomic E-state index is 0.191. The number of rotatable bonds is 2. The predicted molar refractivity (Wildman–Crippen MR) is 89.0 cm³/mol. The summed E-state index contributed by atoms with van der Waals surface area (Å²) >= 11 is 0. The standard InChI is InChI=1S/C19H15NO2/c1-22-15-11-13(10-14(21)12-15)20-18-8-4-2-6-16(18)17-7-3-5-9-19(17)20/h2-12,21H,1H3. The number of nitrogens with zero attached hydrogens (tertiary/aromatic N) is 1. The predicted octanol–water partition coefficient (Wildman–Crippen LogP) is 4.50. The summed E-state index contributed by atoms with van der Waals surface area (Å²) < 4.78 is 7.43. The second-order valence-corrected chi connectivity index (χ2v) is 5.26. The molecule has 1 aromatic heterocycles. The van der Waals surface area contributed by atoms with Gasteiger partial charge in [0.25, 0.3) is 0 Å². The number of hydrogen-bond donors (Lipinski definition) is 1. The highest BCUT2D eigenvalue weighted by Gasteiger charge is 2.12. The van der Waals surface area contributed by atoms with Gasteiger partial charge in [-0.2, -0.15) is 0 Å². The van der Waals surface area contributed by atoms with Crippen LogP contribution in [-0.4, -0.2) is 16.8 Å². The Hall–Kier alpha value is -2.94. The molecule has 22 heavy (non-hydrogen) atoms. The zero-order valence-electron chi connectivity index (χ0n) is 12.2. The Bertz CT molecular complexity index is 932. The number of phenols is 1. The van der Waals surface area contributed by atoms with E-state index in [9.17, 15) is 5.11 Å². The van der Waals surface area contributed by atoms with Crippen LogP contribution in [0.5, 0.6) is 11.5 Å². The van der Waals surface area contributed by atoms with E-state index in [0.29, 0.717) is 5.75 Å². The highest BCUT2D eigenvalue weighted by atomic mass is 16.5. The molecule has 0 amide bonds. The Balaban J connectivity index is 2.15. The summed E-state index contributed by atoms with van der Waals surface area (Å²) in [5.41, 5.74) is 3.10. The van der Waals surface area contributed by atoms with Crippen molar-refractivity contribution in [3.63, 3.8) is 0 Å². The van der Waals surface area contributed by atoms with Gasteiger partial charge in [-0.15, -0.1) is 0 Å². The van der Waals surface area contributed by atoms with Crippen molar-refractivity contribution in [2.75, 3.05) is 7.11 Å². The van der Waals surface area contributed by atoms with Gasteiger partial charge in [-0.05, 0) is 12.1 Å². The normalized spacial score (nSPS) is 11.1. The first-order chi connectivity index (χ1) is 10.8. The van der Waals surface area contributed by atoms with Crippen molar-refractivity contribution in [1.82, 2.24) is 4.57 Å². The molecule has 0 radical (unpaired) electrons. The zero-order chi connectivity index (χ0) is 15.1. The molecule has 0 saturated carbocycles. The Morgan fingerprint density at radius 1 is 0.818 bits per heavy atom. The average Bonchev–Trinajstić information content (AvgIpc) is 2.89. The molecule has 3 nitrogen and oxygen atoms in total. The molecular weight excluding hydrogens is 274 g/mol. The van der Waals surface area contributed by atoms with E-state index in [-0.39, 0.29) is 5.75 Å². The lowest BCUT2D eigenvalue weighted by Gasteiger charge is -2.10. The van der Waals surface area contributed by atoms with Crippen LogP contribution in [0.3, 0.4) is 0 Å². The molecule has 4 rings (SSSR count). The molecule has 0 aliphatic carbocycles. The van der Waals surface area contributed by atoms with Crippen molar-refractivity contribution in [2.24, 2.45) is 0 Å². The molecule has 3 heteroatoms. The molecule has 0 aliphatic rings. The smallest absolute Gasteiger partial charge is 0.124 e. The Morgan fingerprint density at radius 2 is 1.41 bits per heavy atom. The van der Waals surface area contributed by atoms with E-state index in [0.717, 1.165) is 16.7 Å². The fourth-order valence-electron chi connectivity index (χ4n) is 3.02. The van der Waals surface area contributed by atoms with Crippen molar-refractivity contribution in [3.05, 3.63) is 66.7 Å². The molecule has 0 bridgehead atoms. The van der Waals surface area contributed by atoms with Crippen LogP contribution in [0, 0.1) is 0 Å². The van der Waals surface area contributed by atoms with E-state index in [1.54, 1.807) is 19.2 Å². The van der Waals surface area contributed by atoms with E-state index in [2.05, 4.69) is 28.8 Å². The van der Waals surface area contributed by atoms with Crippen LogP contribution in [-0.2, 0) is 0 Å². The molecule has 1 heterocycles. The topological polar surface area (TPSA) is 34.4 Å². The molecule has 0 aliphatic heterocycles. The van der Waals surface area contributed by atoms with Crippen molar-refractivity contribution >= 4 is 21.8 Å². The number of hydrogen-bond acceptors (Lipinski definition) is 2. The molecule has 4 aromatic rings. The van der Waals surface area contributed by atoms with Gasteiger partial charge in [0.1, 0.15) is 11.5 Å². The van der Waals surface area contributed by atoms with Crippen LogP contribution >= 0.6 is 0 Å². The third-order valence-electron chi connectivity index (χ3n) is 3.95. The van der Waals surface area contributed by atoms with Gasteiger partial charge in [0.05, 0.1) is 23.8 Å². The van der Waals surface area contributed by atoms with Gasteiger partial charge in [0.2, 0.25) is 0 Å².